The van der Waals surface area contributed by atoms with Gasteiger partial charge in [-0.15, -0.1) is 0 Å². The lowest BCUT2D eigenvalue weighted by Crippen LogP contribution is -2.28. The van der Waals surface area contributed by atoms with Gasteiger partial charge in [-0.25, -0.2) is 0 Å². The maximum atomic E-state index is 12.2. The molecule has 0 atom stereocenters. The van der Waals surface area contributed by atoms with Crippen molar-refractivity contribution in [3.05, 3.63) is 65.2 Å². The lowest BCUT2D eigenvalue weighted by atomic mass is 10.1. The lowest BCUT2D eigenvalue weighted by Gasteiger charge is -2.18. The molecule has 0 heterocycles. The molecule has 0 fully saturated rings. The van der Waals surface area contributed by atoms with E-state index in [1.54, 1.807) is 6.07 Å². The molecule has 0 unspecified atom stereocenters. The van der Waals surface area contributed by atoms with Crippen LogP contribution in [-0.2, 0) is 11.3 Å². The number of hydrogen-bond donors (Lipinski definition) is 2. The number of carbonyl (C=O) groups excluding carboxylic acids is 2. The van der Waals surface area contributed by atoms with Crippen LogP contribution >= 0.6 is 0 Å². The fourth-order valence-electron chi connectivity index (χ4n) is 2.89. The van der Waals surface area contributed by atoms with Gasteiger partial charge in [0.05, 0.1) is 0 Å². The summed E-state index contributed by atoms with van der Waals surface area (Å²) in [5, 5.41) is 5.71. The lowest BCUT2D eigenvalue weighted by molar-refractivity contribution is -0.116. The maximum Gasteiger partial charge on any atom is 0.251 e. The van der Waals surface area contributed by atoms with Crippen molar-refractivity contribution >= 4 is 17.5 Å². The third-order valence-electron chi connectivity index (χ3n) is 4.54. The molecular formula is C22H29N3O2. The minimum Gasteiger partial charge on any atom is -0.352 e. The summed E-state index contributed by atoms with van der Waals surface area (Å²) in [5.74, 6) is -0.262. The van der Waals surface area contributed by atoms with Crippen molar-refractivity contribution in [2.75, 3.05) is 25.0 Å². The highest BCUT2D eigenvalue weighted by Crippen LogP contribution is 2.13. The summed E-state index contributed by atoms with van der Waals surface area (Å²) < 4.78 is 0. The Kier molecular flexibility index (Phi) is 8.01. The van der Waals surface area contributed by atoms with Gasteiger partial charge in [0, 0.05) is 30.8 Å². The van der Waals surface area contributed by atoms with E-state index in [0.29, 0.717) is 12.1 Å². The first-order chi connectivity index (χ1) is 13.0. The number of hydrogen-bond acceptors (Lipinski definition) is 3. The molecule has 0 saturated carbocycles. The van der Waals surface area contributed by atoms with Crippen molar-refractivity contribution in [3.8, 4) is 0 Å². The topological polar surface area (TPSA) is 61.4 Å². The van der Waals surface area contributed by atoms with E-state index in [1.165, 1.54) is 5.56 Å². The van der Waals surface area contributed by atoms with Crippen molar-refractivity contribution in [2.45, 2.75) is 33.7 Å². The Morgan fingerprint density at radius 1 is 1.00 bits per heavy atom. The zero-order valence-corrected chi connectivity index (χ0v) is 16.4. The normalized spacial score (nSPS) is 10.7. The molecule has 0 aromatic heterocycles. The Bertz CT molecular complexity index is 770. The van der Waals surface area contributed by atoms with Crippen LogP contribution in [0.3, 0.4) is 0 Å². The molecule has 144 valence electrons. The zero-order valence-electron chi connectivity index (χ0n) is 16.4. The van der Waals surface area contributed by atoms with Crippen LogP contribution < -0.4 is 10.6 Å². The molecule has 0 bridgehead atoms. The summed E-state index contributed by atoms with van der Waals surface area (Å²) in [6, 6.07) is 15.3. The number of rotatable bonds is 9. The average molecular weight is 367 g/mol. The first kappa shape index (κ1) is 20.6. The predicted molar refractivity (Wildman–Crippen MR) is 110 cm³/mol. The quantitative estimate of drug-likeness (QED) is 0.712. The van der Waals surface area contributed by atoms with Crippen LogP contribution in [0.4, 0.5) is 5.69 Å². The van der Waals surface area contributed by atoms with Gasteiger partial charge in [-0.2, -0.15) is 0 Å². The van der Waals surface area contributed by atoms with E-state index in [9.17, 15) is 9.59 Å². The highest BCUT2D eigenvalue weighted by Gasteiger charge is 2.09. The molecule has 2 rings (SSSR count). The van der Waals surface area contributed by atoms with Crippen LogP contribution in [0.25, 0.3) is 0 Å². The van der Waals surface area contributed by atoms with E-state index < -0.39 is 0 Å². The molecule has 2 aromatic carbocycles. The van der Waals surface area contributed by atoms with Crippen LogP contribution in [0.5, 0.6) is 0 Å². The molecule has 2 N–H and O–H groups in total. The summed E-state index contributed by atoms with van der Waals surface area (Å²) in [7, 11) is 0. The minimum atomic E-state index is -0.151. The molecule has 5 heteroatoms. The molecule has 0 radical (unpaired) electrons. The molecule has 0 saturated heterocycles. The molecule has 5 nitrogen and oxygen atoms in total. The fourth-order valence-corrected chi connectivity index (χ4v) is 2.89. The summed E-state index contributed by atoms with van der Waals surface area (Å²) in [4.78, 5) is 26.7. The molecule has 0 aliphatic carbocycles. The van der Waals surface area contributed by atoms with Gasteiger partial charge in [-0.3, -0.25) is 14.5 Å². The largest absolute Gasteiger partial charge is 0.352 e. The van der Waals surface area contributed by atoms with Gasteiger partial charge < -0.3 is 10.6 Å². The third kappa shape index (κ3) is 6.53. The standard InChI is InChI=1S/C22H29N3O2/c1-4-25(5-2)16-18-10-8-11-19(15-18)24-21(26)13-14-23-22(27)20-12-7-6-9-17(20)3/h6-12,15H,4-5,13-14,16H2,1-3H3,(H,23,27)(H,24,26). The van der Waals surface area contributed by atoms with Gasteiger partial charge in [-0.1, -0.05) is 44.2 Å². The van der Waals surface area contributed by atoms with E-state index in [1.807, 2.05) is 43.3 Å². The average Bonchev–Trinajstić information content (AvgIpc) is 2.66. The van der Waals surface area contributed by atoms with Gasteiger partial charge in [0.25, 0.3) is 5.91 Å². The van der Waals surface area contributed by atoms with Gasteiger partial charge in [0.1, 0.15) is 0 Å². The minimum absolute atomic E-state index is 0.111. The van der Waals surface area contributed by atoms with Crippen LogP contribution in [0.15, 0.2) is 48.5 Å². The molecule has 0 aliphatic rings. The van der Waals surface area contributed by atoms with E-state index in [4.69, 9.17) is 0 Å². The van der Waals surface area contributed by atoms with Crippen molar-refractivity contribution < 1.29 is 9.59 Å². The summed E-state index contributed by atoms with van der Waals surface area (Å²) >= 11 is 0. The molecule has 0 aliphatic heterocycles. The Balaban J connectivity index is 1.82. The molecule has 2 amide bonds. The smallest absolute Gasteiger partial charge is 0.251 e. The Hall–Kier alpha value is -2.66. The van der Waals surface area contributed by atoms with Crippen molar-refractivity contribution in [3.63, 3.8) is 0 Å². The summed E-state index contributed by atoms with van der Waals surface area (Å²) in [5.41, 5.74) is 3.52. The highest BCUT2D eigenvalue weighted by atomic mass is 16.2. The van der Waals surface area contributed by atoms with E-state index in [2.05, 4.69) is 35.4 Å². The predicted octanol–water partition coefficient (Wildman–Crippen LogP) is 3.60. The Morgan fingerprint density at radius 2 is 1.74 bits per heavy atom. The number of nitrogens with zero attached hydrogens (tertiary/aromatic N) is 1. The summed E-state index contributed by atoms with van der Waals surface area (Å²) in [6.07, 6.45) is 0.234. The number of amides is 2. The SMILES string of the molecule is CCN(CC)Cc1cccc(NC(=O)CCNC(=O)c2ccccc2C)c1. The first-order valence-electron chi connectivity index (χ1n) is 9.48. The summed E-state index contributed by atoms with van der Waals surface area (Å²) in [6.45, 7) is 9.33. The van der Waals surface area contributed by atoms with E-state index >= 15 is 0 Å². The van der Waals surface area contributed by atoms with Crippen molar-refractivity contribution in [1.82, 2.24) is 10.2 Å². The Morgan fingerprint density at radius 3 is 2.44 bits per heavy atom. The molecule has 0 spiro atoms. The second-order valence-corrected chi connectivity index (χ2v) is 6.53. The fraction of sp³-hybridized carbons (Fsp3) is 0.364. The van der Waals surface area contributed by atoms with E-state index in [0.717, 1.165) is 30.9 Å². The van der Waals surface area contributed by atoms with E-state index in [-0.39, 0.29) is 18.2 Å². The number of nitrogens with one attached hydrogen (secondary N) is 2. The maximum absolute atomic E-state index is 12.2. The molecule has 2 aromatic rings. The monoisotopic (exact) mass is 367 g/mol. The number of benzene rings is 2. The van der Waals surface area contributed by atoms with Crippen LogP contribution in [0.1, 0.15) is 41.8 Å². The van der Waals surface area contributed by atoms with Gasteiger partial charge in [0.15, 0.2) is 0 Å². The Labute approximate surface area is 161 Å². The van der Waals surface area contributed by atoms with Crippen LogP contribution in [-0.4, -0.2) is 36.3 Å². The second-order valence-electron chi connectivity index (χ2n) is 6.53. The van der Waals surface area contributed by atoms with Crippen molar-refractivity contribution in [2.24, 2.45) is 0 Å². The van der Waals surface area contributed by atoms with Gasteiger partial charge in [-0.05, 0) is 49.3 Å². The van der Waals surface area contributed by atoms with Crippen LogP contribution in [0, 0.1) is 6.92 Å². The van der Waals surface area contributed by atoms with Crippen LogP contribution in [0.2, 0.25) is 0 Å². The number of anilines is 1. The highest BCUT2D eigenvalue weighted by molar-refractivity contribution is 5.96. The van der Waals surface area contributed by atoms with Crippen molar-refractivity contribution in [1.29, 1.82) is 0 Å². The second kappa shape index (κ2) is 10.5. The van der Waals surface area contributed by atoms with Gasteiger partial charge >= 0.3 is 0 Å². The number of carbonyl (C=O) groups is 2. The molecule has 27 heavy (non-hydrogen) atoms. The van der Waals surface area contributed by atoms with Gasteiger partial charge in [0.2, 0.25) is 5.91 Å². The zero-order chi connectivity index (χ0) is 19.6. The molecular weight excluding hydrogens is 338 g/mol. The third-order valence-corrected chi connectivity index (χ3v) is 4.54. The number of aryl methyl sites for hydroxylation is 1. The first-order valence-corrected chi connectivity index (χ1v) is 9.48.